The predicted molar refractivity (Wildman–Crippen MR) is 89.2 cm³/mol. The molecule has 2 heterocycles. The van der Waals surface area contributed by atoms with Gasteiger partial charge in [0.1, 0.15) is 0 Å². The van der Waals surface area contributed by atoms with Crippen molar-refractivity contribution in [2.24, 2.45) is 11.7 Å². The minimum Gasteiger partial charge on any atom is -0.443 e. The third-order valence-electron chi connectivity index (χ3n) is 4.38. The number of carbonyl (C=O) groups is 1. The molecule has 0 radical (unpaired) electrons. The molecule has 1 aromatic heterocycles. The zero-order chi connectivity index (χ0) is 16.4. The molecule has 2 aromatic rings. The molecule has 2 atom stereocenters. The maximum Gasteiger partial charge on any atom is 0.276 e. The Bertz CT molecular complexity index is 699. The monoisotopic (exact) mass is 333 g/mol. The smallest absolute Gasteiger partial charge is 0.276 e. The van der Waals surface area contributed by atoms with Gasteiger partial charge in [-0.2, -0.15) is 0 Å². The van der Waals surface area contributed by atoms with Crippen LogP contribution in [0, 0.1) is 5.92 Å². The summed E-state index contributed by atoms with van der Waals surface area (Å²) in [6, 6.07) is 7.35. The first kappa shape index (κ1) is 16.0. The number of nitrogens with two attached hydrogens (primary N) is 1. The summed E-state index contributed by atoms with van der Waals surface area (Å²) in [5.74, 6) is 0.617. The number of nitrogens with zero attached hydrogens (tertiary/aromatic N) is 2. The molecule has 1 aromatic carbocycles. The lowest BCUT2D eigenvalue weighted by molar-refractivity contribution is 0.0656. The quantitative estimate of drug-likeness (QED) is 0.936. The van der Waals surface area contributed by atoms with Gasteiger partial charge in [-0.1, -0.05) is 23.7 Å². The number of halogens is 1. The van der Waals surface area contributed by atoms with Gasteiger partial charge in [-0.25, -0.2) is 4.98 Å². The Hall–Kier alpha value is -1.85. The SMILES string of the molecule is C[C@@H](N)[C@H]1CCCN(C(=O)c2ncoc2-c2ccccc2Cl)C1. The van der Waals surface area contributed by atoms with Crippen molar-refractivity contribution in [2.75, 3.05) is 13.1 Å². The van der Waals surface area contributed by atoms with Crippen LogP contribution in [0.2, 0.25) is 5.02 Å². The largest absolute Gasteiger partial charge is 0.443 e. The Morgan fingerprint density at radius 3 is 3.00 bits per heavy atom. The number of hydrogen-bond acceptors (Lipinski definition) is 4. The normalized spacial score (nSPS) is 19.6. The Morgan fingerprint density at radius 1 is 1.48 bits per heavy atom. The molecule has 0 spiro atoms. The van der Waals surface area contributed by atoms with E-state index in [9.17, 15) is 4.79 Å². The van der Waals surface area contributed by atoms with Crippen LogP contribution in [0.1, 0.15) is 30.3 Å². The summed E-state index contributed by atoms with van der Waals surface area (Å²) in [7, 11) is 0. The van der Waals surface area contributed by atoms with E-state index in [2.05, 4.69) is 4.98 Å². The molecule has 1 fully saturated rings. The Kier molecular flexibility index (Phi) is 4.68. The lowest BCUT2D eigenvalue weighted by atomic mass is 9.92. The van der Waals surface area contributed by atoms with Crippen molar-refractivity contribution in [3.63, 3.8) is 0 Å². The molecule has 1 aliphatic rings. The second-order valence-electron chi connectivity index (χ2n) is 6.02. The fourth-order valence-electron chi connectivity index (χ4n) is 3.01. The summed E-state index contributed by atoms with van der Waals surface area (Å²) >= 11 is 6.21. The fourth-order valence-corrected chi connectivity index (χ4v) is 3.23. The number of likely N-dealkylation sites (tertiary alicyclic amines) is 1. The van der Waals surface area contributed by atoms with Crippen molar-refractivity contribution in [1.82, 2.24) is 9.88 Å². The second kappa shape index (κ2) is 6.72. The first-order valence-electron chi connectivity index (χ1n) is 7.81. The molecule has 5 nitrogen and oxygen atoms in total. The number of hydrogen-bond donors (Lipinski definition) is 1. The molecule has 122 valence electrons. The number of benzene rings is 1. The van der Waals surface area contributed by atoms with E-state index in [1.807, 2.05) is 30.0 Å². The molecule has 1 saturated heterocycles. The van der Waals surface area contributed by atoms with Crippen molar-refractivity contribution in [3.05, 3.63) is 41.4 Å². The number of oxazole rings is 1. The number of amides is 1. The molecular formula is C17H20ClN3O2. The van der Waals surface area contributed by atoms with Crippen molar-refractivity contribution < 1.29 is 9.21 Å². The Labute approximate surface area is 140 Å². The Morgan fingerprint density at radius 2 is 2.26 bits per heavy atom. The van der Waals surface area contributed by atoms with Gasteiger partial charge >= 0.3 is 0 Å². The predicted octanol–water partition coefficient (Wildman–Crippen LogP) is 3.19. The average molecular weight is 334 g/mol. The molecule has 2 N–H and O–H groups in total. The summed E-state index contributed by atoms with van der Waals surface area (Å²) in [5, 5.41) is 0.533. The first-order valence-corrected chi connectivity index (χ1v) is 8.19. The maximum atomic E-state index is 12.9. The zero-order valence-electron chi connectivity index (χ0n) is 13.0. The fraction of sp³-hybridized carbons (Fsp3) is 0.412. The van der Waals surface area contributed by atoms with E-state index in [4.69, 9.17) is 21.8 Å². The third-order valence-corrected chi connectivity index (χ3v) is 4.71. The summed E-state index contributed by atoms with van der Waals surface area (Å²) in [4.78, 5) is 18.8. The second-order valence-corrected chi connectivity index (χ2v) is 6.43. The van der Waals surface area contributed by atoms with Gasteiger partial charge in [-0.3, -0.25) is 4.79 Å². The van der Waals surface area contributed by atoms with Crippen LogP contribution in [-0.4, -0.2) is 34.9 Å². The Balaban J connectivity index is 1.87. The molecule has 6 heteroatoms. The molecule has 0 bridgehead atoms. The van der Waals surface area contributed by atoms with Gasteiger partial charge in [0.25, 0.3) is 5.91 Å². The zero-order valence-corrected chi connectivity index (χ0v) is 13.8. The summed E-state index contributed by atoms with van der Waals surface area (Å²) < 4.78 is 5.45. The lowest BCUT2D eigenvalue weighted by Crippen LogP contribution is -2.45. The van der Waals surface area contributed by atoms with E-state index in [-0.39, 0.29) is 11.9 Å². The highest BCUT2D eigenvalue weighted by atomic mass is 35.5. The van der Waals surface area contributed by atoms with Crippen LogP contribution in [0.25, 0.3) is 11.3 Å². The molecule has 0 aliphatic carbocycles. The van der Waals surface area contributed by atoms with Crippen molar-refractivity contribution >= 4 is 17.5 Å². The number of aromatic nitrogens is 1. The van der Waals surface area contributed by atoms with Crippen molar-refractivity contribution in [2.45, 2.75) is 25.8 Å². The highest BCUT2D eigenvalue weighted by Crippen LogP contribution is 2.31. The molecule has 0 unspecified atom stereocenters. The molecule has 1 amide bonds. The van der Waals surface area contributed by atoms with E-state index >= 15 is 0 Å². The number of rotatable bonds is 3. The molecule has 3 rings (SSSR count). The van der Waals surface area contributed by atoms with Crippen LogP contribution < -0.4 is 5.73 Å². The average Bonchev–Trinajstić information content (AvgIpc) is 3.04. The van der Waals surface area contributed by atoms with E-state index < -0.39 is 0 Å². The summed E-state index contributed by atoms with van der Waals surface area (Å²) in [5.41, 5.74) is 6.98. The van der Waals surface area contributed by atoms with Crippen molar-refractivity contribution in [3.8, 4) is 11.3 Å². The molecule has 1 aliphatic heterocycles. The molecular weight excluding hydrogens is 314 g/mol. The van der Waals surface area contributed by atoms with Crippen LogP contribution >= 0.6 is 11.6 Å². The minimum atomic E-state index is -0.126. The van der Waals surface area contributed by atoms with Gasteiger partial charge in [-0.15, -0.1) is 0 Å². The summed E-state index contributed by atoms with van der Waals surface area (Å²) in [6.45, 7) is 3.37. The van der Waals surface area contributed by atoms with Gasteiger partial charge in [0.15, 0.2) is 17.8 Å². The van der Waals surface area contributed by atoms with E-state index in [0.717, 1.165) is 19.4 Å². The topological polar surface area (TPSA) is 72.4 Å². The van der Waals surface area contributed by atoms with Gasteiger partial charge < -0.3 is 15.1 Å². The van der Waals surface area contributed by atoms with Gasteiger partial charge in [-0.05, 0) is 37.8 Å². The van der Waals surface area contributed by atoms with Gasteiger partial charge in [0.05, 0.1) is 5.02 Å². The van der Waals surface area contributed by atoms with E-state index in [1.165, 1.54) is 6.39 Å². The van der Waals surface area contributed by atoms with Crippen LogP contribution in [0.15, 0.2) is 35.1 Å². The van der Waals surface area contributed by atoms with Crippen LogP contribution in [-0.2, 0) is 0 Å². The maximum absolute atomic E-state index is 12.9. The lowest BCUT2D eigenvalue weighted by Gasteiger charge is -2.34. The van der Waals surface area contributed by atoms with E-state index in [1.54, 1.807) is 6.07 Å². The summed E-state index contributed by atoms with van der Waals surface area (Å²) in [6.07, 6.45) is 3.30. The highest BCUT2D eigenvalue weighted by molar-refractivity contribution is 6.33. The van der Waals surface area contributed by atoms with Gasteiger partial charge in [0, 0.05) is 24.7 Å². The van der Waals surface area contributed by atoms with Crippen molar-refractivity contribution in [1.29, 1.82) is 0 Å². The standard InChI is InChI=1S/C17H20ClN3O2/c1-11(19)12-5-4-8-21(9-12)17(22)15-16(23-10-20-15)13-6-2-3-7-14(13)18/h2-3,6-7,10-12H,4-5,8-9,19H2,1H3/t11-,12+/m1/s1. The van der Waals surface area contributed by atoms with E-state index in [0.29, 0.717) is 34.5 Å². The number of piperidine rings is 1. The van der Waals surface area contributed by atoms with Crippen LogP contribution in [0.4, 0.5) is 0 Å². The van der Waals surface area contributed by atoms with Crippen LogP contribution in [0.5, 0.6) is 0 Å². The van der Waals surface area contributed by atoms with Gasteiger partial charge in [0.2, 0.25) is 0 Å². The molecule has 23 heavy (non-hydrogen) atoms. The highest BCUT2D eigenvalue weighted by Gasteiger charge is 2.30. The number of carbonyl (C=O) groups excluding carboxylic acids is 1. The van der Waals surface area contributed by atoms with Crippen LogP contribution in [0.3, 0.4) is 0 Å². The minimum absolute atomic E-state index is 0.0750. The molecule has 0 saturated carbocycles. The third kappa shape index (κ3) is 3.26. The first-order chi connectivity index (χ1) is 11.1.